The maximum absolute atomic E-state index is 14.1. The molecule has 2 aliphatic heterocycles. The van der Waals surface area contributed by atoms with Gasteiger partial charge in [-0.1, -0.05) is 103 Å². The lowest BCUT2D eigenvalue weighted by Crippen LogP contribution is -2.66. The molecule has 2 heterocycles. The fraction of sp³-hybridized carbons (Fsp3) is 0.277. The zero-order chi connectivity index (χ0) is 43.4. The van der Waals surface area contributed by atoms with Crippen LogP contribution >= 0.6 is 0 Å². The number of ether oxygens (including phenoxy) is 8. The summed E-state index contributed by atoms with van der Waals surface area (Å²) < 4.78 is 49.1. The number of rotatable bonds is 15. The van der Waals surface area contributed by atoms with Crippen molar-refractivity contribution in [2.24, 2.45) is 0 Å². The van der Waals surface area contributed by atoms with E-state index in [1.165, 1.54) is 48.5 Å². The van der Waals surface area contributed by atoms with Crippen LogP contribution in [0, 0.1) is 0 Å². The topological polar surface area (TPSA) is 203 Å². The highest BCUT2D eigenvalue weighted by atomic mass is 16.8. The molecule has 0 bridgehead atoms. The Morgan fingerprint density at radius 3 is 1.37 bits per heavy atom. The Morgan fingerprint density at radius 2 is 0.887 bits per heavy atom. The number of hydrogen-bond acceptors (Lipinski definition) is 15. The van der Waals surface area contributed by atoms with E-state index in [2.05, 4.69) is 0 Å². The predicted octanol–water partition coefficient (Wildman–Crippen LogP) is 4.29. The van der Waals surface area contributed by atoms with Gasteiger partial charge in [0.25, 0.3) is 0 Å². The second kappa shape index (κ2) is 21.0. The number of benzene rings is 5. The molecule has 0 aliphatic carbocycles. The first-order valence-electron chi connectivity index (χ1n) is 19.8. The fourth-order valence-electron chi connectivity index (χ4n) is 6.88. The minimum atomic E-state index is -1.89. The summed E-state index contributed by atoms with van der Waals surface area (Å²) in [5.41, 5.74) is 1.22. The molecule has 3 N–H and O–H groups in total. The molecule has 2 aliphatic rings. The lowest BCUT2D eigenvalue weighted by molar-refractivity contribution is -0.358. The first-order valence-corrected chi connectivity index (χ1v) is 19.8. The minimum Gasteiger partial charge on any atom is -0.459 e. The molecule has 2 saturated heterocycles. The quantitative estimate of drug-likeness (QED) is 0.0994. The van der Waals surface area contributed by atoms with Crippen LogP contribution in [0.5, 0.6) is 0 Å². The van der Waals surface area contributed by atoms with Gasteiger partial charge in [-0.05, 0) is 54.1 Å². The van der Waals surface area contributed by atoms with Crippen LogP contribution in [0.3, 0.4) is 0 Å². The highest BCUT2D eigenvalue weighted by Gasteiger charge is 2.56. The molecular weight excluding hydrogens is 805 g/mol. The van der Waals surface area contributed by atoms with Gasteiger partial charge in [0, 0.05) is 0 Å². The summed E-state index contributed by atoms with van der Waals surface area (Å²) in [5, 5.41) is 32.6. The SMILES string of the molecule is O=C(OC[C@H]1O[C@@H](OCc2ccccc2)[C@H](OC(=O)c2ccccc2)[C@@H](OC(=O)c2ccccc2)[C@@H]1O[C@@H]1O[C@H](CO)[C@H](O)[C@H](O)[C@H]1OC(=O)c1ccccc1)c1ccccc1. The Bertz CT molecular complexity index is 2210. The Morgan fingerprint density at radius 1 is 0.468 bits per heavy atom. The van der Waals surface area contributed by atoms with Crippen LogP contribution < -0.4 is 0 Å². The summed E-state index contributed by atoms with van der Waals surface area (Å²) >= 11 is 0. The highest BCUT2D eigenvalue weighted by molar-refractivity contribution is 5.91. The van der Waals surface area contributed by atoms with Crippen LogP contribution in [-0.2, 0) is 44.5 Å². The van der Waals surface area contributed by atoms with Gasteiger partial charge in [0.1, 0.15) is 37.1 Å². The largest absolute Gasteiger partial charge is 0.459 e. The van der Waals surface area contributed by atoms with Gasteiger partial charge in [0.05, 0.1) is 35.5 Å². The van der Waals surface area contributed by atoms with E-state index >= 15 is 0 Å². The molecular formula is C47H44O15. The third-order valence-corrected chi connectivity index (χ3v) is 10.1. The third-order valence-electron chi connectivity index (χ3n) is 10.1. The third kappa shape index (κ3) is 10.8. The van der Waals surface area contributed by atoms with Gasteiger partial charge in [-0.2, -0.15) is 0 Å². The molecule has 2 fully saturated rings. The lowest BCUT2D eigenvalue weighted by Gasteiger charge is -2.48. The van der Waals surface area contributed by atoms with E-state index in [9.17, 15) is 34.5 Å². The first kappa shape index (κ1) is 43.8. The van der Waals surface area contributed by atoms with Crippen LogP contribution in [0.25, 0.3) is 0 Å². The van der Waals surface area contributed by atoms with Gasteiger partial charge in [-0.15, -0.1) is 0 Å². The minimum absolute atomic E-state index is 0.0855. The van der Waals surface area contributed by atoms with Crippen LogP contribution in [0.15, 0.2) is 152 Å². The van der Waals surface area contributed by atoms with Crippen LogP contribution in [-0.4, -0.2) is 114 Å². The van der Waals surface area contributed by atoms with Gasteiger partial charge >= 0.3 is 23.9 Å². The van der Waals surface area contributed by atoms with Crippen molar-refractivity contribution in [3.63, 3.8) is 0 Å². The second-order valence-electron chi connectivity index (χ2n) is 14.3. The predicted molar refractivity (Wildman–Crippen MR) is 216 cm³/mol. The molecule has 5 aromatic rings. The lowest BCUT2D eigenvalue weighted by atomic mass is 9.96. The van der Waals surface area contributed by atoms with Crippen molar-refractivity contribution in [2.45, 2.75) is 68.0 Å². The van der Waals surface area contributed by atoms with Gasteiger partial charge in [0.15, 0.2) is 30.9 Å². The molecule has 0 aromatic heterocycles. The zero-order valence-electron chi connectivity index (χ0n) is 33.1. The van der Waals surface area contributed by atoms with E-state index in [0.29, 0.717) is 5.56 Å². The molecule has 0 spiro atoms. The van der Waals surface area contributed by atoms with Gasteiger partial charge in [-0.25, -0.2) is 19.2 Å². The van der Waals surface area contributed by atoms with Crippen molar-refractivity contribution >= 4 is 23.9 Å². The smallest absolute Gasteiger partial charge is 0.338 e. The molecule has 5 aromatic carbocycles. The Kier molecular flexibility index (Phi) is 14.8. The summed E-state index contributed by atoms with van der Waals surface area (Å²) in [6, 6.07) is 40.8. The molecule has 15 nitrogen and oxygen atoms in total. The number of carbonyl (C=O) groups is 4. The maximum Gasteiger partial charge on any atom is 0.338 e. The number of aliphatic hydroxyl groups excluding tert-OH is 3. The molecule has 15 heteroatoms. The normalized spacial score (nSPS) is 25.8. The molecule has 7 rings (SSSR count). The molecule has 10 atom stereocenters. The molecule has 62 heavy (non-hydrogen) atoms. The molecule has 0 saturated carbocycles. The van der Waals surface area contributed by atoms with Crippen molar-refractivity contribution in [1.82, 2.24) is 0 Å². The Labute approximate surface area is 356 Å². The van der Waals surface area contributed by atoms with Crippen molar-refractivity contribution in [1.29, 1.82) is 0 Å². The van der Waals surface area contributed by atoms with E-state index in [0.717, 1.165) is 0 Å². The Balaban J connectivity index is 1.31. The summed E-state index contributed by atoms with van der Waals surface area (Å²) in [5.74, 6) is -3.43. The van der Waals surface area contributed by atoms with Crippen LogP contribution in [0.2, 0.25) is 0 Å². The average molecular weight is 849 g/mol. The van der Waals surface area contributed by atoms with Crippen molar-refractivity contribution in [3.8, 4) is 0 Å². The summed E-state index contributed by atoms with van der Waals surface area (Å²) in [4.78, 5) is 54.8. The van der Waals surface area contributed by atoms with E-state index in [1.807, 2.05) is 6.07 Å². The van der Waals surface area contributed by atoms with E-state index in [1.54, 1.807) is 97.1 Å². The monoisotopic (exact) mass is 848 g/mol. The number of carbonyl (C=O) groups excluding carboxylic acids is 4. The summed E-state index contributed by atoms with van der Waals surface area (Å²) in [6.07, 6.45) is -16.7. The average Bonchev–Trinajstić information content (AvgIpc) is 3.32. The first-order chi connectivity index (χ1) is 30.2. The number of aliphatic hydroxyl groups is 3. The van der Waals surface area contributed by atoms with Gasteiger partial charge < -0.3 is 53.2 Å². The highest BCUT2D eigenvalue weighted by Crippen LogP contribution is 2.35. The molecule has 0 unspecified atom stereocenters. The molecule has 322 valence electrons. The number of esters is 4. The van der Waals surface area contributed by atoms with E-state index < -0.39 is 98.5 Å². The van der Waals surface area contributed by atoms with Crippen LogP contribution in [0.1, 0.15) is 47.0 Å². The van der Waals surface area contributed by atoms with Gasteiger partial charge in [0.2, 0.25) is 0 Å². The summed E-state index contributed by atoms with van der Waals surface area (Å²) in [6.45, 7) is -1.48. The van der Waals surface area contributed by atoms with Gasteiger partial charge in [-0.3, -0.25) is 0 Å². The zero-order valence-corrected chi connectivity index (χ0v) is 33.1. The maximum atomic E-state index is 14.1. The van der Waals surface area contributed by atoms with Crippen molar-refractivity contribution in [2.75, 3.05) is 13.2 Å². The van der Waals surface area contributed by atoms with Crippen molar-refractivity contribution in [3.05, 3.63) is 179 Å². The second-order valence-corrected chi connectivity index (χ2v) is 14.3. The van der Waals surface area contributed by atoms with Crippen LogP contribution in [0.4, 0.5) is 0 Å². The molecule has 0 amide bonds. The van der Waals surface area contributed by atoms with Crippen molar-refractivity contribution < 1.29 is 72.4 Å². The fourth-order valence-corrected chi connectivity index (χ4v) is 6.88. The van der Waals surface area contributed by atoms with E-state index in [4.69, 9.17) is 37.9 Å². The standard InChI is InChI=1S/C47H44O15/c48-26-34-36(49)37(50)39(59-43(52)31-20-10-3-11-21-31)47(57-34)62-38-35(28-55-42(51)30-18-8-2-9-19-30)58-46(56-27-29-16-6-1-7-17-29)41(61-45(54)33-24-14-5-15-25-33)40(38)60-44(53)32-22-12-4-13-23-32/h1-25,34-41,46-50H,26-28H2/t34-,35-,36+,37+,38-,39-,40+,41-,46-,47+/m1/s1. The Hall–Kier alpha value is -6.30. The summed E-state index contributed by atoms with van der Waals surface area (Å²) in [7, 11) is 0. The molecule has 0 radical (unpaired) electrons. The van der Waals surface area contributed by atoms with E-state index in [-0.39, 0.29) is 28.9 Å². The number of hydrogen-bond donors (Lipinski definition) is 3.